The minimum absolute atomic E-state index is 0.210. The zero-order valence-corrected chi connectivity index (χ0v) is 14.5. The molecule has 1 aliphatic rings. The summed E-state index contributed by atoms with van der Waals surface area (Å²) in [5, 5.41) is 12.1. The number of hydrogen-bond donors (Lipinski definition) is 1. The smallest absolute Gasteiger partial charge is 0.272 e. The molecule has 2 aromatic heterocycles. The van der Waals surface area contributed by atoms with Gasteiger partial charge in [0, 0.05) is 25.4 Å². The van der Waals surface area contributed by atoms with Crippen LogP contribution in [0, 0.1) is 11.6 Å². The van der Waals surface area contributed by atoms with Gasteiger partial charge in [-0.2, -0.15) is 0 Å². The van der Waals surface area contributed by atoms with Gasteiger partial charge in [-0.1, -0.05) is 11.3 Å². The summed E-state index contributed by atoms with van der Waals surface area (Å²) in [6.45, 7) is 1.90. The van der Waals surface area contributed by atoms with Gasteiger partial charge in [0.15, 0.2) is 0 Å². The second kappa shape index (κ2) is 6.83. The fourth-order valence-corrected chi connectivity index (χ4v) is 3.75. The third kappa shape index (κ3) is 3.17. The molecule has 1 aliphatic heterocycles. The molecule has 6 nitrogen and oxygen atoms in total. The minimum atomic E-state index is -0.704. The SMILES string of the molecule is O=C(Nc1cc(F)ccc1F)c1cccn1-c1nnc(N2CCCC2)s1. The van der Waals surface area contributed by atoms with Crippen LogP contribution in [-0.2, 0) is 0 Å². The Bertz CT molecular complexity index is 948. The van der Waals surface area contributed by atoms with E-state index in [1.165, 1.54) is 11.3 Å². The predicted octanol–water partition coefficient (Wildman–Crippen LogP) is 3.46. The van der Waals surface area contributed by atoms with E-state index in [9.17, 15) is 13.6 Å². The summed E-state index contributed by atoms with van der Waals surface area (Å²) >= 11 is 1.38. The van der Waals surface area contributed by atoms with Gasteiger partial charge in [-0.25, -0.2) is 8.78 Å². The Morgan fingerprint density at radius 3 is 2.69 bits per heavy atom. The minimum Gasteiger partial charge on any atom is -0.347 e. The Morgan fingerprint density at radius 1 is 1.12 bits per heavy atom. The first-order valence-corrected chi connectivity index (χ1v) is 8.96. The van der Waals surface area contributed by atoms with Gasteiger partial charge in [0.1, 0.15) is 17.3 Å². The topological polar surface area (TPSA) is 63.1 Å². The normalized spacial score (nSPS) is 14.0. The van der Waals surface area contributed by atoms with Gasteiger partial charge in [0.25, 0.3) is 5.91 Å². The van der Waals surface area contributed by atoms with Crippen molar-refractivity contribution >= 4 is 28.1 Å². The van der Waals surface area contributed by atoms with E-state index in [1.807, 2.05) is 0 Å². The largest absolute Gasteiger partial charge is 0.347 e. The lowest BCUT2D eigenvalue weighted by molar-refractivity contribution is 0.102. The molecule has 3 heterocycles. The molecule has 1 saturated heterocycles. The molecule has 1 aromatic carbocycles. The van der Waals surface area contributed by atoms with Gasteiger partial charge >= 0.3 is 0 Å². The van der Waals surface area contributed by atoms with Crippen LogP contribution >= 0.6 is 11.3 Å². The average Bonchev–Trinajstić information content (AvgIpc) is 3.38. The molecule has 1 amide bonds. The van der Waals surface area contributed by atoms with Crippen LogP contribution in [0.4, 0.5) is 19.6 Å². The Balaban J connectivity index is 1.58. The molecule has 134 valence electrons. The number of halogens is 2. The fourth-order valence-electron chi connectivity index (χ4n) is 2.85. The molecule has 0 bridgehead atoms. The third-order valence-corrected chi connectivity index (χ3v) is 5.13. The lowest BCUT2D eigenvalue weighted by atomic mass is 10.3. The first kappa shape index (κ1) is 16.6. The summed E-state index contributed by atoms with van der Waals surface area (Å²) in [6, 6.07) is 6.18. The standard InChI is InChI=1S/C17H15F2N5OS/c18-11-5-6-12(19)13(10-11)20-15(25)14-4-3-9-24(14)17-22-21-16(26-17)23-7-1-2-8-23/h3-6,9-10H,1-2,7-8H2,(H,20,25). The zero-order valence-electron chi connectivity index (χ0n) is 13.7. The summed E-state index contributed by atoms with van der Waals surface area (Å²) in [5.41, 5.74) is 0.0514. The van der Waals surface area contributed by atoms with Crippen molar-refractivity contribution in [3.8, 4) is 5.13 Å². The van der Waals surface area contributed by atoms with Crippen molar-refractivity contribution < 1.29 is 13.6 Å². The third-order valence-electron chi connectivity index (χ3n) is 4.14. The van der Waals surface area contributed by atoms with Gasteiger partial charge in [0.05, 0.1) is 5.69 Å². The van der Waals surface area contributed by atoms with Crippen LogP contribution in [0.2, 0.25) is 0 Å². The predicted molar refractivity (Wildman–Crippen MR) is 95.0 cm³/mol. The van der Waals surface area contributed by atoms with Crippen LogP contribution < -0.4 is 10.2 Å². The summed E-state index contributed by atoms with van der Waals surface area (Å²) in [5.74, 6) is -1.89. The summed E-state index contributed by atoms with van der Waals surface area (Å²) in [6.07, 6.45) is 3.95. The van der Waals surface area contributed by atoms with Gasteiger partial charge < -0.3 is 10.2 Å². The van der Waals surface area contributed by atoms with Crippen LogP contribution in [-0.4, -0.2) is 33.8 Å². The Labute approximate surface area is 152 Å². The average molecular weight is 375 g/mol. The lowest BCUT2D eigenvalue weighted by Crippen LogP contribution is -2.17. The number of amides is 1. The second-order valence-electron chi connectivity index (χ2n) is 5.90. The first-order chi connectivity index (χ1) is 12.6. The number of aromatic nitrogens is 3. The molecular weight excluding hydrogens is 360 g/mol. The Hall–Kier alpha value is -2.81. The number of anilines is 2. The molecule has 9 heteroatoms. The van der Waals surface area contributed by atoms with E-state index >= 15 is 0 Å². The van der Waals surface area contributed by atoms with E-state index in [0.717, 1.165) is 49.3 Å². The maximum Gasteiger partial charge on any atom is 0.272 e. The molecular formula is C17H15F2N5OS. The highest BCUT2D eigenvalue weighted by molar-refractivity contribution is 7.17. The molecule has 0 aliphatic carbocycles. The molecule has 0 spiro atoms. The van der Waals surface area contributed by atoms with E-state index in [0.29, 0.717) is 5.13 Å². The van der Waals surface area contributed by atoms with E-state index in [2.05, 4.69) is 20.4 Å². The second-order valence-corrected chi connectivity index (χ2v) is 6.84. The highest BCUT2D eigenvalue weighted by Gasteiger charge is 2.20. The highest BCUT2D eigenvalue weighted by atomic mass is 32.1. The molecule has 0 atom stereocenters. The van der Waals surface area contributed by atoms with Gasteiger partial charge in [-0.05, 0) is 37.1 Å². The van der Waals surface area contributed by atoms with Crippen molar-refractivity contribution in [1.29, 1.82) is 0 Å². The van der Waals surface area contributed by atoms with E-state index in [1.54, 1.807) is 22.9 Å². The molecule has 0 radical (unpaired) electrons. The Kier molecular flexibility index (Phi) is 4.37. The molecule has 3 aromatic rings. The first-order valence-electron chi connectivity index (χ1n) is 8.14. The molecule has 1 fully saturated rings. The number of benzene rings is 1. The number of nitrogens with zero attached hydrogens (tertiary/aromatic N) is 4. The maximum absolute atomic E-state index is 13.8. The van der Waals surface area contributed by atoms with Crippen LogP contribution in [0.1, 0.15) is 23.3 Å². The zero-order chi connectivity index (χ0) is 18.1. The maximum atomic E-state index is 13.8. The van der Waals surface area contributed by atoms with Crippen LogP contribution in [0.5, 0.6) is 0 Å². The van der Waals surface area contributed by atoms with Crippen molar-refractivity contribution in [3.63, 3.8) is 0 Å². The van der Waals surface area contributed by atoms with Crippen molar-refractivity contribution in [2.75, 3.05) is 23.3 Å². The molecule has 4 rings (SSSR count). The number of rotatable bonds is 4. The van der Waals surface area contributed by atoms with Crippen LogP contribution in [0.15, 0.2) is 36.5 Å². The molecule has 26 heavy (non-hydrogen) atoms. The van der Waals surface area contributed by atoms with Gasteiger partial charge in [-0.15, -0.1) is 10.2 Å². The van der Waals surface area contributed by atoms with Gasteiger partial charge in [-0.3, -0.25) is 9.36 Å². The molecule has 0 saturated carbocycles. The van der Waals surface area contributed by atoms with Crippen molar-refractivity contribution in [3.05, 3.63) is 53.9 Å². The summed E-state index contributed by atoms with van der Waals surface area (Å²) in [4.78, 5) is 14.7. The number of nitrogens with one attached hydrogen (secondary N) is 1. The number of carbonyl (C=O) groups is 1. The summed E-state index contributed by atoms with van der Waals surface area (Å²) < 4.78 is 28.6. The fraction of sp³-hybridized carbons (Fsp3) is 0.235. The Morgan fingerprint density at radius 2 is 1.88 bits per heavy atom. The quantitative estimate of drug-likeness (QED) is 0.759. The summed E-state index contributed by atoms with van der Waals surface area (Å²) in [7, 11) is 0. The van der Waals surface area contributed by atoms with Gasteiger partial charge in [0.2, 0.25) is 10.3 Å². The van der Waals surface area contributed by atoms with E-state index in [-0.39, 0.29) is 11.4 Å². The van der Waals surface area contributed by atoms with E-state index < -0.39 is 17.5 Å². The van der Waals surface area contributed by atoms with Crippen molar-refractivity contribution in [1.82, 2.24) is 14.8 Å². The highest BCUT2D eigenvalue weighted by Crippen LogP contribution is 2.27. The molecule has 0 unspecified atom stereocenters. The van der Waals surface area contributed by atoms with Crippen molar-refractivity contribution in [2.24, 2.45) is 0 Å². The molecule has 1 N–H and O–H groups in total. The lowest BCUT2D eigenvalue weighted by Gasteiger charge is -2.11. The van der Waals surface area contributed by atoms with E-state index in [4.69, 9.17) is 0 Å². The number of carbonyl (C=O) groups excluding carboxylic acids is 1. The number of hydrogen-bond acceptors (Lipinski definition) is 5. The van der Waals surface area contributed by atoms with Crippen molar-refractivity contribution in [2.45, 2.75) is 12.8 Å². The monoisotopic (exact) mass is 375 g/mol. The van der Waals surface area contributed by atoms with Crippen LogP contribution in [0.3, 0.4) is 0 Å². The van der Waals surface area contributed by atoms with Crippen LogP contribution in [0.25, 0.3) is 5.13 Å².